The van der Waals surface area contributed by atoms with E-state index in [0.29, 0.717) is 107 Å². The molecule has 7 rings (SSSR count). The highest BCUT2D eigenvalue weighted by atomic mass is 16.6. The first-order valence-corrected chi connectivity index (χ1v) is 25.7. The molecule has 2 aromatic heterocycles. The molecule has 2 aromatic carbocycles. The zero-order chi connectivity index (χ0) is 54.1. The molecule has 0 saturated carbocycles. The fourth-order valence-electron chi connectivity index (χ4n) is 9.20. The van der Waals surface area contributed by atoms with Crippen LogP contribution >= 0.6 is 0 Å². The van der Waals surface area contributed by atoms with Gasteiger partial charge in [-0.15, -0.1) is 0 Å². The van der Waals surface area contributed by atoms with Crippen LogP contribution in [-0.2, 0) is 39.9 Å². The average molecular weight is 1050 g/mol. The number of aromatic amines is 1. The van der Waals surface area contributed by atoms with E-state index in [1.807, 2.05) is 52.0 Å². The molecular weight excluding hydrogens is 979 g/mol. The van der Waals surface area contributed by atoms with Crippen LogP contribution in [0.25, 0.3) is 11.1 Å². The van der Waals surface area contributed by atoms with Gasteiger partial charge in [0.1, 0.15) is 11.9 Å². The van der Waals surface area contributed by atoms with Crippen molar-refractivity contribution in [2.45, 2.75) is 65.6 Å². The number of imide groups is 2. The van der Waals surface area contributed by atoms with E-state index in [9.17, 15) is 33.6 Å². The predicted molar refractivity (Wildman–Crippen MR) is 285 cm³/mol. The van der Waals surface area contributed by atoms with Gasteiger partial charge in [0.05, 0.1) is 69.5 Å². The molecule has 0 aliphatic carbocycles. The van der Waals surface area contributed by atoms with E-state index in [-0.39, 0.29) is 48.0 Å². The number of carbonyl (C=O) groups is 6. The molecule has 22 nitrogen and oxygen atoms in total. The van der Waals surface area contributed by atoms with Crippen molar-refractivity contribution in [2.75, 3.05) is 114 Å². The second-order valence-electron chi connectivity index (χ2n) is 18.9. The fraction of sp³-hybridized carbons (Fsp3) is 0.463. The molecule has 7 N–H and O–H groups in total. The third-order valence-corrected chi connectivity index (χ3v) is 13.1. The Labute approximate surface area is 441 Å². The van der Waals surface area contributed by atoms with Crippen LogP contribution in [0.3, 0.4) is 0 Å². The summed E-state index contributed by atoms with van der Waals surface area (Å²) in [7, 11) is 0. The van der Waals surface area contributed by atoms with Gasteiger partial charge in [0.25, 0.3) is 23.3 Å². The lowest BCUT2D eigenvalue weighted by atomic mass is 9.97. The van der Waals surface area contributed by atoms with Crippen molar-refractivity contribution in [1.82, 2.24) is 35.7 Å². The first kappa shape index (κ1) is 56.4. The number of amides is 6. The van der Waals surface area contributed by atoms with Crippen LogP contribution in [0.1, 0.15) is 86.6 Å². The van der Waals surface area contributed by atoms with E-state index in [2.05, 4.69) is 41.4 Å². The molecule has 4 aromatic rings. The molecule has 0 spiro atoms. The number of piperidine rings is 1. The monoisotopic (exact) mass is 1050 g/mol. The quantitative estimate of drug-likeness (QED) is 0.0245. The largest absolute Gasteiger partial charge is 0.382 e. The maximum atomic E-state index is 13.7. The summed E-state index contributed by atoms with van der Waals surface area (Å²) in [5, 5.41) is 22.7. The number of fused-ring (bicyclic) bond motifs is 1. The van der Waals surface area contributed by atoms with E-state index < -0.39 is 35.6 Å². The van der Waals surface area contributed by atoms with Gasteiger partial charge >= 0.3 is 0 Å². The summed E-state index contributed by atoms with van der Waals surface area (Å²) in [4.78, 5) is 102. The molecular formula is C54H69N11O11. The third kappa shape index (κ3) is 14.9. The molecule has 22 heteroatoms. The van der Waals surface area contributed by atoms with E-state index in [1.54, 1.807) is 30.5 Å². The van der Waals surface area contributed by atoms with Gasteiger partial charge in [-0.1, -0.05) is 6.07 Å². The number of piperazine rings is 1. The number of H-pyrrole nitrogens is 1. The van der Waals surface area contributed by atoms with E-state index in [1.165, 1.54) is 6.21 Å². The van der Waals surface area contributed by atoms with Crippen LogP contribution in [-0.4, -0.2) is 172 Å². The highest BCUT2D eigenvalue weighted by Crippen LogP contribution is 2.33. The van der Waals surface area contributed by atoms with Crippen molar-refractivity contribution in [3.05, 3.63) is 104 Å². The second kappa shape index (κ2) is 27.4. The summed E-state index contributed by atoms with van der Waals surface area (Å²) in [6, 6.07) is 13.4. The summed E-state index contributed by atoms with van der Waals surface area (Å²) in [5.41, 5.74) is 5.60. The molecule has 0 bridgehead atoms. The predicted octanol–water partition coefficient (Wildman–Crippen LogP) is 3.01. The Balaban J connectivity index is 0.711. The summed E-state index contributed by atoms with van der Waals surface area (Å²) in [6.45, 7) is 15.0. The smallest absolute Gasteiger partial charge is 0.264 e. The van der Waals surface area contributed by atoms with Crippen molar-refractivity contribution in [3.63, 3.8) is 0 Å². The maximum Gasteiger partial charge on any atom is 0.264 e. The number of pyridine rings is 2. The SMILES string of the molecule is Cc1cc(C)c(CNC(=O)c2cc(-c3ccc(N4CCN(CCC(=O)NCCOCCOCCOCCOCCNc5cccc6c5C(=O)N(C5CCC(=O)NC5=O)C6=O)CC4)nc3)cc(NC(C)C)c2C=N)c(=O)[nH]1. The number of rotatable bonds is 28. The zero-order valence-electron chi connectivity index (χ0n) is 43.6. The van der Waals surface area contributed by atoms with Crippen molar-refractivity contribution in [2.24, 2.45) is 0 Å². The van der Waals surface area contributed by atoms with Crippen LogP contribution in [0.15, 0.2) is 59.5 Å². The first-order chi connectivity index (χ1) is 36.7. The average Bonchev–Trinajstić information content (AvgIpc) is 3.67. The van der Waals surface area contributed by atoms with Crippen molar-refractivity contribution < 1.29 is 47.7 Å². The summed E-state index contributed by atoms with van der Waals surface area (Å²) in [5.74, 6) is -1.82. The number of benzene rings is 2. The van der Waals surface area contributed by atoms with Crippen molar-refractivity contribution in [3.8, 4) is 11.1 Å². The minimum absolute atomic E-state index is 0.0387. The molecule has 3 aliphatic rings. The third-order valence-electron chi connectivity index (χ3n) is 13.1. The zero-order valence-corrected chi connectivity index (χ0v) is 43.6. The van der Waals surface area contributed by atoms with Gasteiger partial charge in [-0.2, -0.15) is 0 Å². The van der Waals surface area contributed by atoms with E-state index in [0.717, 1.165) is 59.3 Å². The first-order valence-electron chi connectivity index (χ1n) is 25.7. The van der Waals surface area contributed by atoms with Crippen molar-refractivity contribution >= 4 is 58.9 Å². The van der Waals surface area contributed by atoms with Crippen LogP contribution in [0, 0.1) is 19.3 Å². The summed E-state index contributed by atoms with van der Waals surface area (Å²) < 4.78 is 22.4. The highest BCUT2D eigenvalue weighted by Gasteiger charge is 2.45. The Morgan fingerprint density at radius 2 is 1.51 bits per heavy atom. The molecule has 76 heavy (non-hydrogen) atoms. The fourth-order valence-corrected chi connectivity index (χ4v) is 9.20. The molecule has 3 aliphatic heterocycles. The molecule has 1 unspecified atom stereocenters. The Morgan fingerprint density at radius 3 is 2.16 bits per heavy atom. The molecule has 2 saturated heterocycles. The second-order valence-corrected chi connectivity index (χ2v) is 18.9. The highest BCUT2D eigenvalue weighted by molar-refractivity contribution is 6.25. The lowest BCUT2D eigenvalue weighted by Crippen LogP contribution is -2.54. The van der Waals surface area contributed by atoms with Gasteiger partial charge in [-0.25, -0.2) is 4.98 Å². The molecule has 406 valence electrons. The standard InChI is InChI=1S/C54H69N11O11/c1-34(2)60-44-30-38(29-40(41(44)31-55)50(68)59-33-42-35(3)28-36(4)61-51(42)69)37-8-10-46(58-32-37)64-18-16-63(17-19-64)15-12-47(66)57-14-21-74-23-25-76-27-26-75-24-22-73-20-13-56-43-7-5-6-39-49(43)54(72)65(53(39)71)45-9-11-48(67)62-52(45)70/h5-8,10,28-32,34,45,55-56,60H,9,11-27,33H2,1-4H3,(H,57,66)(H,59,68)(H,61,69)(H,62,67,70). The van der Waals surface area contributed by atoms with E-state index in [4.69, 9.17) is 29.3 Å². The number of carbonyl (C=O) groups excluding carboxylic acids is 6. The van der Waals surface area contributed by atoms with Crippen LogP contribution in [0.5, 0.6) is 0 Å². The molecule has 6 amide bonds. The van der Waals surface area contributed by atoms with Crippen LogP contribution in [0.2, 0.25) is 0 Å². The lowest BCUT2D eigenvalue weighted by molar-refractivity contribution is -0.136. The normalized spacial score (nSPS) is 15.7. The van der Waals surface area contributed by atoms with Crippen LogP contribution < -0.4 is 37.0 Å². The van der Waals surface area contributed by atoms with Gasteiger partial charge in [-0.3, -0.25) is 48.7 Å². The number of hydrogen-bond donors (Lipinski definition) is 7. The topological polar surface area (TPSA) is 279 Å². The number of aryl methyl sites for hydroxylation is 2. The van der Waals surface area contributed by atoms with Crippen LogP contribution in [0.4, 0.5) is 17.2 Å². The molecule has 0 radical (unpaired) electrons. The molecule has 1 atom stereocenters. The number of ether oxygens (including phenoxy) is 4. The number of nitrogens with one attached hydrogen (secondary N) is 7. The van der Waals surface area contributed by atoms with Gasteiger partial charge < -0.3 is 55.5 Å². The number of hydrogen-bond acceptors (Lipinski definition) is 17. The van der Waals surface area contributed by atoms with E-state index >= 15 is 0 Å². The number of aromatic nitrogens is 2. The Hall–Kier alpha value is -7.37. The minimum atomic E-state index is -1.03. The van der Waals surface area contributed by atoms with Gasteiger partial charge in [0.2, 0.25) is 17.7 Å². The maximum absolute atomic E-state index is 13.7. The van der Waals surface area contributed by atoms with Gasteiger partial charge in [0, 0.05) is 117 Å². The van der Waals surface area contributed by atoms with Gasteiger partial charge in [0.15, 0.2) is 0 Å². The summed E-state index contributed by atoms with van der Waals surface area (Å²) in [6.07, 6.45) is 3.48. The lowest BCUT2D eigenvalue weighted by Gasteiger charge is -2.35. The number of anilines is 3. The summed E-state index contributed by atoms with van der Waals surface area (Å²) >= 11 is 0. The Morgan fingerprint density at radius 1 is 0.816 bits per heavy atom. The number of nitrogens with zero attached hydrogens (tertiary/aromatic N) is 4. The Bertz CT molecular complexity index is 2790. The Kier molecular flexibility index (Phi) is 20.3. The minimum Gasteiger partial charge on any atom is -0.382 e. The molecule has 2 fully saturated rings. The van der Waals surface area contributed by atoms with Crippen molar-refractivity contribution in [1.29, 1.82) is 5.41 Å². The molecule has 5 heterocycles. The van der Waals surface area contributed by atoms with Gasteiger partial charge in [-0.05, 0) is 87.7 Å².